The summed E-state index contributed by atoms with van der Waals surface area (Å²) >= 11 is 0. The average molecular weight is 264 g/mol. The van der Waals surface area contributed by atoms with Crippen LogP contribution in [0.1, 0.15) is 32.9 Å². The summed E-state index contributed by atoms with van der Waals surface area (Å²) < 4.78 is 12.9. The molecule has 1 saturated heterocycles. The second-order valence-electron chi connectivity index (χ2n) is 4.77. The third-order valence-electron chi connectivity index (χ3n) is 3.03. The molecule has 0 spiro atoms. The van der Waals surface area contributed by atoms with Crippen LogP contribution in [0.4, 0.5) is 4.39 Å². The summed E-state index contributed by atoms with van der Waals surface area (Å²) in [5.74, 6) is -0.203. The SMILES string of the molecule is CCC1(c2ccc(F)cn2)NC(=NC(C)C)NC1=O. The fourth-order valence-electron chi connectivity index (χ4n) is 2.07. The van der Waals surface area contributed by atoms with E-state index < -0.39 is 11.4 Å². The van der Waals surface area contributed by atoms with Gasteiger partial charge in [-0.1, -0.05) is 6.92 Å². The van der Waals surface area contributed by atoms with E-state index in [0.29, 0.717) is 18.1 Å². The van der Waals surface area contributed by atoms with Crippen molar-refractivity contribution in [2.45, 2.75) is 38.8 Å². The highest BCUT2D eigenvalue weighted by Gasteiger charge is 2.46. The number of nitrogens with zero attached hydrogens (tertiary/aromatic N) is 2. The largest absolute Gasteiger partial charge is 0.337 e. The maximum Gasteiger partial charge on any atom is 0.258 e. The number of carbonyl (C=O) groups is 1. The lowest BCUT2D eigenvalue weighted by atomic mass is 9.92. The minimum absolute atomic E-state index is 0.0663. The summed E-state index contributed by atoms with van der Waals surface area (Å²) in [6.45, 7) is 5.71. The molecule has 19 heavy (non-hydrogen) atoms. The first-order valence-corrected chi connectivity index (χ1v) is 6.27. The zero-order valence-electron chi connectivity index (χ0n) is 11.2. The van der Waals surface area contributed by atoms with Crippen LogP contribution in [0.3, 0.4) is 0 Å². The van der Waals surface area contributed by atoms with E-state index in [0.717, 1.165) is 6.20 Å². The van der Waals surface area contributed by atoms with Gasteiger partial charge >= 0.3 is 0 Å². The van der Waals surface area contributed by atoms with Gasteiger partial charge in [-0.3, -0.25) is 20.1 Å². The van der Waals surface area contributed by atoms with Crippen molar-refractivity contribution in [2.24, 2.45) is 4.99 Å². The number of guanidine groups is 1. The number of carbonyl (C=O) groups excluding carboxylic acids is 1. The Kier molecular flexibility index (Phi) is 3.50. The minimum atomic E-state index is -0.971. The summed E-state index contributed by atoms with van der Waals surface area (Å²) in [7, 11) is 0. The molecule has 1 amide bonds. The number of aliphatic imine (C=N–C) groups is 1. The van der Waals surface area contributed by atoms with Crippen LogP contribution in [-0.2, 0) is 10.3 Å². The molecule has 5 nitrogen and oxygen atoms in total. The van der Waals surface area contributed by atoms with Crippen LogP contribution in [0.5, 0.6) is 0 Å². The average Bonchev–Trinajstić information content (AvgIpc) is 2.66. The van der Waals surface area contributed by atoms with Gasteiger partial charge in [0, 0.05) is 6.04 Å². The maximum atomic E-state index is 12.9. The predicted molar refractivity (Wildman–Crippen MR) is 70.0 cm³/mol. The molecule has 1 aliphatic rings. The monoisotopic (exact) mass is 264 g/mol. The third-order valence-corrected chi connectivity index (χ3v) is 3.03. The Bertz CT molecular complexity index is 512. The van der Waals surface area contributed by atoms with E-state index >= 15 is 0 Å². The molecule has 0 saturated carbocycles. The molecule has 6 heteroatoms. The van der Waals surface area contributed by atoms with Crippen LogP contribution >= 0.6 is 0 Å². The Morgan fingerprint density at radius 2 is 2.21 bits per heavy atom. The van der Waals surface area contributed by atoms with Crippen molar-refractivity contribution >= 4 is 11.9 Å². The van der Waals surface area contributed by atoms with Gasteiger partial charge in [0.15, 0.2) is 11.5 Å². The normalized spacial score (nSPS) is 24.7. The zero-order chi connectivity index (χ0) is 14.0. The Hall–Kier alpha value is -1.98. The summed E-state index contributed by atoms with van der Waals surface area (Å²) in [6, 6.07) is 2.88. The minimum Gasteiger partial charge on any atom is -0.337 e. The molecule has 0 aromatic carbocycles. The smallest absolute Gasteiger partial charge is 0.258 e. The van der Waals surface area contributed by atoms with Gasteiger partial charge in [-0.05, 0) is 32.4 Å². The molecule has 1 aromatic heterocycles. The number of pyridine rings is 1. The second kappa shape index (κ2) is 4.95. The van der Waals surface area contributed by atoms with Crippen LogP contribution in [0.15, 0.2) is 23.3 Å². The van der Waals surface area contributed by atoms with E-state index in [4.69, 9.17) is 0 Å². The number of aromatic nitrogens is 1. The van der Waals surface area contributed by atoms with E-state index in [2.05, 4.69) is 20.6 Å². The number of halogens is 1. The van der Waals surface area contributed by atoms with Crippen LogP contribution < -0.4 is 10.6 Å². The summed E-state index contributed by atoms with van der Waals surface area (Å²) in [5, 5.41) is 5.78. The molecule has 0 aliphatic carbocycles. The van der Waals surface area contributed by atoms with Crippen molar-refractivity contribution in [2.75, 3.05) is 0 Å². The lowest BCUT2D eigenvalue weighted by Crippen LogP contribution is -2.44. The molecule has 1 aromatic rings. The van der Waals surface area contributed by atoms with Crippen molar-refractivity contribution in [1.82, 2.24) is 15.6 Å². The summed E-state index contributed by atoms with van der Waals surface area (Å²) in [4.78, 5) is 20.5. The molecule has 1 fully saturated rings. The van der Waals surface area contributed by atoms with Crippen LogP contribution in [0.25, 0.3) is 0 Å². The molecule has 1 aliphatic heterocycles. The molecule has 102 valence electrons. The van der Waals surface area contributed by atoms with Crippen molar-refractivity contribution in [3.05, 3.63) is 29.8 Å². The van der Waals surface area contributed by atoms with Crippen molar-refractivity contribution in [1.29, 1.82) is 0 Å². The first-order valence-electron chi connectivity index (χ1n) is 6.27. The van der Waals surface area contributed by atoms with Gasteiger partial charge < -0.3 is 5.32 Å². The van der Waals surface area contributed by atoms with Gasteiger partial charge in [0.25, 0.3) is 5.91 Å². The van der Waals surface area contributed by atoms with E-state index in [9.17, 15) is 9.18 Å². The standard InChI is InChI=1S/C13H17FN4O/c1-4-13(10-6-5-9(14)7-15-10)11(19)17-12(18-13)16-8(2)3/h5-8H,4H2,1-3H3,(H2,16,17,18,19). The van der Waals surface area contributed by atoms with Gasteiger partial charge in [0.05, 0.1) is 11.9 Å². The first-order chi connectivity index (χ1) is 8.98. The maximum absolute atomic E-state index is 12.9. The lowest BCUT2D eigenvalue weighted by molar-refractivity contribution is -0.124. The van der Waals surface area contributed by atoms with Crippen LogP contribution in [-0.4, -0.2) is 22.9 Å². The molecule has 0 bridgehead atoms. The van der Waals surface area contributed by atoms with Crippen molar-refractivity contribution < 1.29 is 9.18 Å². The summed E-state index contributed by atoms with van der Waals surface area (Å²) in [5.41, 5.74) is -0.482. The Morgan fingerprint density at radius 1 is 1.47 bits per heavy atom. The summed E-state index contributed by atoms with van der Waals surface area (Å²) in [6.07, 6.45) is 1.61. The quantitative estimate of drug-likeness (QED) is 0.865. The van der Waals surface area contributed by atoms with Crippen molar-refractivity contribution in [3.8, 4) is 0 Å². The Morgan fingerprint density at radius 3 is 2.74 bits per heavy atom. The van der Waals surface area contributed by atoms with Gasteiger partial charge in [-0.15, -0.1) is 0 Å². The number of amides is 1. The molecule has 1 unspecified atom stereocenters. The highest BCUT2D eigenvalue weighted by molar-refractivity contribution is 6.09. The zero-order valence-corrected chi connectivity index (χ0v) is 11.2. The lowest BCUT2D eigenvalue weighted by Gasteiger charge is -2.24. The molecule has 2 N–H and O–H groups in total. The number of hydrogen-bond donors (Lipinski definition) is 2. The molecule has 0 radical (unpaired) electrons. The third kappa shape index (κ3) is 2.43. The van der Waals surface area contributed by atoms with Gasteiger partial charge in [0.2, 0.25) is 0 Å². The van der Waals surface area contributed by atoms with E-state index in [1.165, 1.54) is 12.1 Å². The van der Waals surface area contributed by atoms with Gasteiger partial charge in [0.1, 0.15) is 5.82 Å². The van der Waals surface area contributed by atoms with E-state index in [1.54, 1.807) is 0 Å². The van der Waals surface area contributed by atoms with Crippen LogP contribution in [0.2, 0.25) is 0 Å². The number of nitrogens with one attached hydrogen (secondary N) is 2. The van der Waals surface area contributed by atoms with Gasteiger partial charge in [-0.2, -0.15) is 0 Å². The molecule has 2 heterocycles. The highest BCUT2D eigenvalue weighted by atomic mass is 19.1. The number of rotatable bonds is 3. The van der Waals surface area contributed by atoms with Gasteiger partial charge in [-0.25, -0.2) is 4.39 Å². The molecular weight excluding hydrogens is 247 g/mol. The molecule has 2 rings (SSSR count). The van der Waals surface area contributed by atoms with Crippen LogP contribution in [0, 0.1) is 5.82 Å². The van der Waals surface area contributed by atoms with E-state index in [-0.39, 0.29) is 11.9 Å². The second-order valence-corrected chi connectivity index (χ2v) is 4.77. The fourth-order valence-corrected chi connectivity index (χ4v) is 2.07. The first kappa shape index (κ1) is 13.5. The fraction of sp³-hybridized carbons (Fsp3) is 0.462. The van der Waals surface area contributed by atoms with E-state index in [1.807, 2.05) is 20.8 Å². The predicted octanol–water partition coefficient (Wildman–Crippen LogP) is 1.31. The topological polar surface area (TPSA) is 66.4 Å². The highest BCUT2D eigenvalue weighted by Crippen LogP contribution is 2.26. The molecular formula is C13H17FN4O. The number of hydrogen-bond acceptors (Lipinski definition) is 3. The van der Waals surface area contributed by atoms with Crippen molar-refractivity contribution in [3.63, 3.8) is 0 Å². The Balaban J connectivity index is 2.38. The molecule has 1 atom stereocenters. The Labute approximate surface area is 111 Å².